The Morgan fingerprint density at radius 2 is 1.92 bits per heavy atom. The van der Waals surface area contributed by atoms with E-state index in [1.165, 1.54) is 0 Å². The molecule has 4 rings (SSSR count). The Bertz CT molecular complexity index is 915. The van der Waals surface area contributed by atoms with E-state index < -0.39 is 0 Å². The number of fused-ring (bicyclic) bond motifs is 1. The van der Waals surface area contributed by atoms with Crippen molar-refractivity contribution < 1.29 is 9.84 Å². The van der Waals surface area contributed by atoms with E-state index in [0.29, 0.717) is 17.9 Å². The topological polar surface area (TPSA) is 85.1 Å². The minimum Gasteiger partial charge on any atom is -0.507 e. The van der Waals surface area contributed by atoms with Crippen molar-refractivity contribution in [3.05, 3.63) is 59.9 Å². The summed E-state index contributed by atoms with van der Waals surface area (Å²) in [7, 11) is 1.62. The minimum atomic E-state index is 0.189. The summed E-state index contributed by atoms with van der Waals surface area (Å²) in [5, 5.41) is 25.8. The lowest BCUT2D eigenvalue weighted by Gasteiger charge is -2.20. The van der Waals surface area contributed by atoms with Crippen LogP contribution in [-0.2, 0) is 0 Å². The van der Waals surface area contributed by atoms with Crippen molar-refractivity contribution in [1.29, 1.82) is 0 Å². The Balaban J connectivity index is 1.80. The van der Waals surface area contributed by atoms with Gasteiger partial charge < -0.3 is 15.2 Å². The van der Waals surface area contributed by atoms with Gasteiger partial charge in [0, 0.05) is 17.8 Å². The maximum atomic E-state index is 10.7. The van der Waals surface area contributed by atoms with Crippen LogP contribution < -0.4 is 10.1 Å². The number of aliphatic hydroxyl groups excluding tert-OH is 1. The summed E-state index contributed by atoms with van der Waals surface area (Å²) < 4.78 is 6.77. The van der Waals surface area contributed by atoms with Gasteiger partial charge in [0.1, 0.15) is 11.5 Å². The van der Waals surface area contributed by atoms with Crippen molar-refractivity contribution in [3.8, 4) is 11.4 Å². The van der Waals surface area contributed by atoms with Crippen LogP contribution in [0, 0.1) is 0 Å². The number of aliphatic hydroxyl groups is 1. The molecule has 0 unspecified atom stereocenters. The lowest BCUT2D eigenvalue weighted by atomic mass is 10.0. The third-order valence-corrected chi connectivity index (χ3v) is 3.98. The van der Waals surface area contributed by atoms with Crippen LogP contribution in [0.3, 0.4) is 0 Å². The number of anilines is 1. The van der Waals surface area contributed by atoms with E-state index >= 15 is 0 Å². The van der Waals surface area contributed by atoms with E-state index in [1.807, 2.05) is 48.5 Å². The molecule has 1 aliphatic rings. The molecule has 0 atom stereocenters. The maximum absolute atomic E-state index is 10.7. The zero-order valence-corrected chi connectivity index (χ0v) is 13.0. The fraction of sp³-hybridized carbons (Fsp3) is 0.118. The Morgan fingerprint density at radius 3 is 2.71 bits per heavy atom. The van der Waals surface area contributed by atoms with Crippen LogP contribution >= 0.6 is 0 Å². The molecule has 0 radical (unpaired) electrons. The molecule has 7 heteroatoms. The van der Waals surface area contributed by atoms with Crippen molar-refractivity contribution in [3.63, 3.8) is 0 Å². The second-order valence-electron chi connectivity index (χ2n) is 5.34. The number of aromatic nitrogens is 4. The molecule has 3 aromatic rings. The normalized spacial score (nSPS) is 13.4. The average Bonchev–Trinajstić information content (AvgIpc) is 3.12. The van der Waals surface area contributed by atoms with Crippen LogP contribution in [0.5, 0.6) is 5.75 Å². The largest absolute Gasteiger partial charge is 0.507 e. The van der Waals surface area contributed by atoms with Crippen molar-refractivity contribution in [2.45, 2.75) is 0 Å². The fourth-order valence-corrected chi connectivity index (χ4v) is 2.73. The molecule has 0 spiro atoms. The number of rotatable bonds is 3. The van der Waals surface area contributed by atoms with Gasteiger partial charge in [-0.05, 0) is 46.8 Å². The highest BCUT2D eigenvalue weighted by atomic mass is 16.5. The first-order valence-corrected chi connectivity index (χ1v) is 7.46. The number of hydrogen-bond donors (Lipinski definition) is 2. The van der Waals surface area contributed by atoms with Gasteiger partial charge in [0.2, 0.25) is 0 Å². The van der Waals surface area contributed by atoms with Gasteiger partial charge in [-0.2, -0.15) is 4.68 Å². The first-order valence-electron chi connectivity index (χ1n) is 7.46. The minimum absolute atomic E-state index is 0.189. The van der Waals surface area contributed by atoms with E-state index in [2.05, 4.69) is 20.8 Å². The average molecular weight is 321 g/mol. The molecule has 2 N–H and O–H groups in total. The number of hydrogen-bond acceptors (Lipinski definition) is 6. The van der Waals surface area contributed by atoms with Crippen molar-refractivity contribution in [1.82, 2.24) is 20.2 Å². The quantitative estimate of drug-likeness (QED) is 0.771. The SMILES string of the molecule is COc1ccc(-n2nnnc2C2=C(O)c3ccccc3NC2)cc1. The van der Waals surface area contributed by atoms with Crippen molar-refractivity contribution in [2.24, 2.45) is 0 Å². The van der Waals surface area contributed by atoms with E-state index in [4.69, 9.17) is 4.74 Å². The molecule has 2 aromatic carbocycles. The first kappa shape index (κ1) is 14.3. The summed E-state index contributed by atoms with van der Waals surface area (Å²) in [6, 6.07) is 15.0. The number of tetrazole rings is 1. The second-order valence-corrected chi connectivity index (χ2v) is 5.34. The van der Waals surface area contributed by atoms with E-state index in [9.17, 15) is 5.11 Å². The molecule has 0 saturated carbocycles. The monoisotopic (exact) mass is 321 g/mol. The fourth-order valence-electron chi connectivity index (χ4n) is 2.73. The Hall–Kier alpha value is -3.35. The van der Waals surface area contributed by atoms with E-state index in [-0.39, 0.29) is 5.76 Å². The van der Waals surface area contributed by atoms with Crippen LogP contribution in [0.4, 0.5) is 5.69 Å². The highest BCUT2D eigenvalue weighted by Gasteiger charge is 2.23. The second kappa shape index (κ2) is 5.69. The highest BCUT2D eigenvalue weighted by Crippen LogP contribution is 2.33. The molecule has 0 aliphatic carbocycles. The van der Waals surface area contributed by atoms with E-state index in [1.54, 1.807) is 11.8 Å². The predicted octanol–water partition coefficient (Wildman–Crippen LogP) is 2.52. The smallest absolute Gasteiger partial charge is 0.188 e. The third kappa shape index (κ3) is 2.26. The van der Waals surface area contributed by atoms with Crippen LogP contribution in [-0.4, -0.2) is 39.0 Å². The van der Waals surface area contributed by atoms with Crippen LogP contribution in [0.15, 0.2) is 48.5 Å². The number of para-hydroxylation sites is 1. The molecule has 1 aromatic heterocycles. The Morgan fingerprint density at radius 1 is 1.12 bits per heavy atom. The predicted molar refractivity (Wildman–Crippen MR) is 90.1 cm³/mol. The molecule has 1 aliphatic heterocycles. The van der Waals surface area contributed by atoms with Crippen molar-refractivity contribution >= 4 is 17.0 Å². The number of ether oxygens (including phenoxy) is 1. The lowest BCUT2D eigenvalue weighted by molar-refractivity contribution is 0.414. The van der Waals surface area contributed by atoms with Gasteiger partial charge in [0.15, 0.2) is 5.82 Å². The Kier molecular flexibility index (Phi) is 3.38. The summed E-state index contributed by atoms with van der Waals surface area (Å²) in [6.45, 7) is 0.444. The molecular weight excluding hydrogens is 306 g/mol. The maximum Gasteiger partial charge on any atom is 0.188 e. The standard InChI is InChI=1S/C17H15N5O2/c1-24-12-8-6-11(7-9-12)22-17(19-20-21-22)14-10-18-15-5-3-2-4-13(15)16(14)23/h2-9,18,23H,10H2,1H3. The molecule has 0 amide bonds. The number of nitrogens with zero attached hydrogens (tertiary/aromatic N) is 4. The number of methoxy groups -OCH3 is 1. The van der Waals surface area contributed by atoms with Crippen LogP contribution in [0.1, 0.15) is 11.4 Å². The molecule has 7 nitrogen and oxygen atoms in total. The summed E-state index contributed by atoms with van der Waals surface area (Å²) in [5.74, 6) is 1.44. The highest BCUT2D eigenvalue weighted by molar-refractivity contribution is 5.93. The summed E-state index contributed by atoms with van der Waals surface area (Å²) in [6.07, 6.45) is 0. The van der Waals surface area contributed by atoms with Gasteiger partial charge in [-0.1, -0.05) is 12.1 Å². The molecule has 0 fully saturated rings. The summed E-state index contributed by atoms with van der Waals surface area (Å²) >= 11 is 0. The number of nitrogens with one attached hydrogen (secondary N) is 1. The number of benzene rings is 2. The molecular formula is C17H15N5O2. The lowest BCUT2D eigenvalue weighted by Crippen LogP contribution is -2.16. The first-order chi connectivity index (χ1) is 11.8. The summed E-state index contributed by atoms with van der Waals surface area (Å²) in [4.78, 5) is 0. The van der Waals surface area contributed by atoms with E-state index in [0.717, 1.165) is 22.7 Å². The molecule has 0 saturated heterocycles. The van der Waals surface area contributed by atoms with Gasteiger partial charge in [-0.15, -0.1) is 5.10 Å². The van der Waals surface area contributed by atoms with Gasteiger partial charge in [-0.3, -0.25) is 0 Å². The third-order valence-electron chi connectivity index (χ3n) is 3.98. The van der Waals surface area contributed by atoms with Gasteiger partial charge in [-0.25, -0.2) is 0 Å². The zero-order chi connectivity index (χ0) is 16.5. The van der Waals surface area contributed by atoms with Crippen LogP contribution in [0.25, 0.3) is 17.0 Å². The molecule has 0 bridgehead atoms. The van der Waals surface area contributed by atoms with Gasteiger partial charge in [0.25, 0.3) is 0 Å². The van der Waals surface area contributed by atoms with Crippen molar-refractivity contribution in [2.75, 3.05) is 19.0 Å². The molecule has 120 valence electrons. The zero-order valence-electron chi connectivity index (χ0n) is 13.0. The summed E-state index contributed by atoms with van der Waals surface area (Å²) in [5.41, 5.74) is 3.06. The van der Waals surface area contributed by atoms with Gasteiger partial charge >= 0.3 is 0 Å². The molecule has 2 heterocycles. The molecule has 24 heavy (non-hydrogen) atoms. The van der Waals surface area contributed by atoms with Crippen LogP contribution in [0.2, 0.25) is 0 Å². The van der Waals surface area contributed by atoms with Gasteiger partial charge in [0.05, 0.1) is 18.4 Å². The Labute approximate surface area is 138 Å².